The topological polar surface area (TPSA) is 40.5 Å². The zero-order chi connectivity index (χ0) is 12.0. The van der Waals surface area contributed by atoms with Gasteiger partial charge in [-0.05, 0) is 19.3 Å². The Morgan fingerprint density at radius 3 is 2.75 bits per heavy atom. The van der Waals surface area contributed by atoms with Gasteiger partial charge in [0.05, 0.1) is 13.2 Å². The van der Waals surface area contributed by atoms with Gasteiger partial charge in [0.2, 0.25) is 5.91 Å². The molecule has 0 aromatic carbocycles. The molecule has 1 aliphatic carbocycles. The first kappa shape index (κ1) is 13.1. The van der Waals surface area contributed by atoms with Crippen molar-refractivity contribution in [2.75, 3.05) is 19.7 Å². The van der Waals surface area contributed by atoms with Crippen LogP contribution in [-0.2, 0) is 4.79 Å². The maximum Gasteiger partial charge on any atom is 0.255 e. The largest absolute Gasteiger partial charge is 0.395 e. The lowest BCUT2D eigenvalue weighted by atomic mass is 9.93. The van der Waals surface area contributed by atoms with Gasteiger partial charge in [0.15, 0.2) is 0 Å². The lowest BCUT2D eigenvalue weighted by Crippen LogP contribution is -2.41. The van der Waals surface area contributed by atoms with Crippen molar-refractivity contribution in [1.82, 2.24) is 4.90 Å². The first-order valence-electron chi connectivity index (χ1n) is 5.48. The quantitative estimate of drug-likeness (QED) is 0.730. The third kappa shape index (κ3) is 3.89. The molecule has 1 atom stereocenters. The first-order chi connectivity index (χ1) is 7.65. The van der Waals surface area contributed by atoms with Crippen LogP contribution < -0.4 is 0 Å². The molecule has 1 aliphatic rings. The number of alkyl halides is 2. The van der Waals surface area contributed by atoms with Crippen molar-refractivity contribution in [3.05, 3.63) is 12.2 Å². The summed E-state index contributed by atoms with van der Waals surface area (Å²) in [6.45, 7) is -0.871. The number of amides is 1. The Bertz CT molecular complexity index is 256. The van der Waals surface area contributed by atoms with E-state index in [9.17, 15) is 13.6 Å². The summed E-state index contributed by atoms with van der Waals surface area (Å²) < 4.78 is 24.5. The molecule has 0 aliphatic heterocycles. The predicted molar refractivity (Wildman–Crippen MR) is 56.2 cm³/mol. The average molecular weight is 233 g/mol. The molecule has 1 N–H and O–H groups in total. The Morgan fingerprint density at radius 1 is 1.50 bits per heavy atom. The van der Waals surface area contributed by atoms with E-state index in [1.807, 2.05) is 12.2 Å². The number of hydrogen-bond donors (Lipinski definition) is 1. The lowest BCUT2D eigenvalue weighted by molar-refractivity contribution is -0.138. The van der Waals surface area contributed by atoms with E-state index in [1.165, 1.54) is 0 Å². The Kier molecular flexibility index (Phi) is 5.38. The minimum atomic E-state index is -2.55. The van der Waals surface area contributed by atoms with Crippen molar-refractivity contribution in [2.45, 2.75) is 25.7 Å². The number of carbonyl (C=O) groups is 1. The van der Waals surface area contributed by atoms with Gasteiger partial charge < -0.3 is 10.0 Å². The maximum absolute atomic E-state index is 12.2. The van der Waals surface area contributed by atoms with Crippen LogP contribution in [-0.4, -0.2) is 42.0 Å². The maximum atomic E-state index is 12.2. The summed E-state index contributed by atoms with van der Waals surface area (Å²) in [6, 6.07) is 0. The molecular weight excluding hydrogens is 216 g/mol. The van der Waals surface area contributed by atoms with E-state index < -0.39 is 13.0 Å². The Balaban J connectivity index is 2.54. The summed E-state index contributed by atoms with van der Waals surface area (Å²) >= 11 is 0. The molecule has 16 heavy (non-hydrogen) atoms. The van der Waals surface area contributed by atoms with E-state index in [0.717, 1.165) is 11.3 Å². The zero-order valence-corrected chi connectivity index (χ0v) is 9.11. The first-order valence-corrected chi connectivity index (χ1v) is 5.48. The molecule has 0 aromatic heterocycles. The van der Waals surface area contributed by atoms with Gasteiger partial charge >= 0.3 is 0 Å². The molecule has 0 spiro atoms. The Morgan fingerprint density at radius 2 is 2.25 bits per heavy atom. The molecule has 5 heteroatoms. The number of hydrogen-bond acceptors (Lipinski definition) is 2. The second-order valence-electron chi connectivity index (χ2n) is 3.88. The van der Waals surface area contributed by atoms with E-state index in [2.05, 4.69) is 0 Å². The second kappa shape index (κ2) is 6.58. The van der Waals surface area contributed by atoms with Gasteiger partial charge in [0.1, 0.15) is 0 Å². The molecule has 1 unspecified atom stereocenters. The number of halogens is 2. The van der Waals surface area contributed by atoms with Crippen molar-refractivity contribution in [2.24, 2.45) is 5.92 Å². The molecule has 92 valence electrons. The molecule has 0 radical (unpaired) electrons. The molecule has 1 rings (SSSR count). The fourth-order valence-electron chi connectivity index (χ4n) is 1.85. The minimum absolute atomic E-state index is 0.0105. The van der Waals surface area contributed by atoms with Gasteiger partial charge in [-0.1, -0.05) is 12.2 Å². The van der Waals surface area contributed by atoms with Gasteiger partial charge in [0, 0.05) is 12.5 Å². The summed E-state index contributed by atoms with van der Waals surface area (Å²) in [6.07, 6.45) is 3.50. The summed E-state index contributed by atoms with van der Waals surface area (Å²) in [5.74, 6) is -0.464. The molecule has 0 bridgehead atoms. The van der Waals surface area contributed by atoms with Crippen molar-refractivity contribution in [1.29, 1.82) is 0 Å². The molecule has 0 saturated heterocycles. The highest BCUT2D eigenvalue weighted by atomic mass is 19.3. The molecule has 3 nitrogen and oxygen atoms in total. The van der Waals surface area contributed by atoms with Gasteiger partial charge in [-0.15, -0.1) is 0 Å². The SMILES string of the molecule is O=C(C1CC=CCC1)N(CCO)CC(F)F. The average Bonchev–Trinajstić information content (AvgIpc) is 2.28. The highest BCUT2D eigenvalue weighted by molar-refractivity contribution is 5.79. The third-order valence-electron chi connectivity index (χ3n) is 2.66. The van der Waals surface area contributed by atoms with Crippen LogP contribution in [0.2, 0.25) is 0 Å². The van der Waals surface area contributed by atoms with Crippen LogP contribution in [0.15, 0.2) is 12.2 Å². The molecule has 0 saturated carbocycles. The number of aliphatic hydroxyl groups excluding tert-OH is 1. The van der Waals surface area contributed by atoms with Gasteiger partial charge in [0.25, 0.3) is 6.43 Å². The highest BCUT2D eigenvalue weighted by Gasteiger charge is 2.25. The molecule has 0 fully saturated rings. The van der Waals surface area contributed by atoms with Gasteiger partial charge in [-0.3, -0.25) is 4.79 Å². The predicted octanol–water partition coefficient (Wildman–Crippen LogP) is 1.43. The number of allylic oxidation sites excluding steroid dienone is 2. The summed E-state index contributed by atoms with van der Waals surface area (Å²) in [5.41, 5.74) is 0. The van der Waals surface area contributed by atoms with Crippen LogP contribution in [0.5, 0.6) is 0 Å². The van der Waals surface area contributed by atoms with Crippen molar-refractivity contribution in [3.8, 4) is 0 Å². The number of aliphatic hydroxyl groups is 1. The van der Waals surface area contributed by atoms with Gasteiger partial charge in [-0.25, -0.2) is 8.78 Å². The van der Waals surface area contributed by atoms with E-state index in [0.29, 0.717) is 12.8 Å². The molecular formula is C11H17F2NO2. The fourth-order valence-corrected chi connectivity index (χ4v) is 1.85. The van der Waals surface area contributed by atoms with E-state index in [1.54, 1.807) is 0 Å². The third-order valence-corrected chi connectivity index (χ3v) is 2.66. The smallest absolute Gasteiger partial charge is 0.255 e. The van der Waals surface area contributed by atoms with Gasteiger partial charge in [-0.2, -0.15) is 0 Å². The Hall–Kier alpha value is -0.970. The standard InChI is InChI=1S/C11H17F2NO2/c12-10(13)8-14(6-7-15)11(16)9-4-2-1-3-5-9/h1-2,9-10,15H,3-8H2. The van der Waals surface area contributed by atoms with Crippen LogP contribution in [0.3, 0.4) is 0 Å². The normalized spacial score (nSPS) is 20.1. The summed E-state index contributed by atoms with van der Waals surface area (Å²) in [7, 11) is 0. The van der Waals surface area contributed by atoms with E-state index in [4.69, 9.17) is 5.11 Å². The van der Waals surface area contributed by atoms with E-state index >= 15 is 0 Å². The minimum Gasteiger partial charge on any atom is -0.395 e. The molecule has 1 amide bonds. The van der Waals surface area contributed by atoms with Crippen LogP contribution in [0, 0.1) is 5.92 Å². The molecule has 0 heterocycles. The lowest BCUT2D eigenvalue weighted by Gasteiger charge is -2.27. The fraction of sp³-hybridized carbons (Fsp3) is 0.727. The summed E-state index contributed by atoms with van der Waals surface area (Å²) in [4.78, 5) is 12.9. The van der Waals surface area contributed by atoms with Crippen molar-refractivity contribution >= 4 is 5.91 Å². The van der Waals surface area contributed by atoms with Crippen LogP contribution in [0.25, 0.3) is 0 Å². The molecule has 0 aromatic rings. The number of carbonyl (C=O) groups excluding carboxylic acids is 1. The van der Waals surface area contributed by atoms with Crippen molar-refractivity contribution < 1.29 is 18.7 Å². The number of rotatable bonds is 5. The monoisotopic (exact) mass is 233 g/mol. The summed E-state index contributed by atoms with van der Waals surface area (Å²) in [5, 5.41) is 8.74. The highest BCUT2D eigenvalue weighted by Crippen LogP contribution is 2.20. The zero-order valence-electron chi connectivity index (χ0n) is 9.11. The second-order valence-corrected chi connectivity index (χ2v) is 3.88. The number of nitrogens with zero attached hydrogens (tertiary/aromatic N) is 1. The van der Waals surface area contributed by atoms with Crippen molar-refractivity contribution in [3.63, 3.8) is 0 Å². The van der Waals surface area contributed by atoms with Crippen LogP contribution in [0.4, 0.5) is 8.78 Å². The Labute approximate surface area is 93.7 Å². The van der Waals surface area contributed by atoms with Crippen LogP contribution in [0.1, 0.15) is 19.3 Å². The van der Waals surface area contributed by atoms with Crippen LogP contribution >= 0.6 is 0 Å². The van der Waals surface area contributed by atoms with E-state index in [-0.39, 0.29) is 25.0 Å².